The van der Waals surface area contributed by atoms with E-state index >= 15 is 0 Å². The van der Waals surface area contributed by atoms with Gasteiger partial charge in [-0.15, -0.1) is 0 Å². The summed E-state index contributed by atoms with van der Waals surface area (Å²) in [6.07, 6.45) is 4.36. The Kier molecular flexibility index (Phi) is 5.20. The van der Waals surface area contributed by atoms with Crippen LogP contribution in [0.1, 0.15) is 44.4 Å². The highest BCUT2D eigenvalue weighted by molar-refractivity contribution is 5.66. The van der Waals surface area contributed by atoms with Crippen LogP contribution in [0.15, 0.2) is 18.7 Å². The molecule has 0 unspecified atom stereocenters. The fourth-order valence-electron chi connectivity index (χ4n) is 1.84. The molecule has 0 aromatic carbocycles. The van der Waals surface area contributed by atoms with E-state index in [0.717, 1.165) is 31.5 Å². The van der Waals surface area contributed by atoms with Gasteiger partial charge in [0.05, 0.1) is 0 Å². The number of aryl methyl sites for hydroxylation is 1. The monoisotopic (exact) mass is 232 g/mol. The van der Waals surface area contributed by atoms with Crippen LogP contribution in [0.3, 0.4) is 0 Å². The predicted molar refractivity (Wildman–Crippen MR) is 76.5 cm³/mol. The molecule has 0 atom stereocenters. The summed E-state index contributed by atoms with van der Waals surface area (Å²) in [5.74, 6) is 1.03. The summed E-state index contributed by atoms with van der Waals surface area (Å²) in [6.45, 7) is 8.54. The first-order valence-corrected chi connectivity index (χ1v) is 6.44. The molecular weight excluding hydrogens is 208 g/mol. The number of hydrogen-bond donors (Lipinski definition) is 0. The largest absolute Gasteiger partial charge is 0.363 e. The highest BCUT2D eigenvalue weighted by atomic mass is 15.1. The number of nitrogens with zero attached hydrogens (tertiary/aromatic N) is 2. The third kappa shape index (κ3) is 3.88. The van der Waals surface area contributed by atoms with Crippen LogP contribution in [0.5, 0.6) is 0 Å². The van der Waals surface area contributed by atoms with Crippen LogP contribution in [0.4, 0.5) is 5.82 Å². The van der Waals surface area contributed by atoms with Crippen LogP contribution in [0, 0.1) is 0 Å². The van der Waals surface area contributed by atoms with Gasteiger partial charge in [0, 0.05) is 19.8 Å². The second-order valence-corrected chi connectivity index (χ2v) is 4.70. The SMILES string of the molecule is C=C(CCC)c1cc(CCC)nc(N(C)C)c1. The fourth-order valence-corrected chi connectivity index (χ4v) is 1.84. The van der Waals surface area contributed by atoms with Crippen molar-refractivity contribution in [3.05, 3.63) is 30.0 Å². The maximum atomic E-state index is 4.65. The minimum absolute atomic E-state index is 1.03. The highest BCUT2D eigenvalue weighted by Crippen LogP contribution is 2.22. The molecule has 0 fully saturated rings. The van der Waals surface area contributed by atoms with Crippen molar-refractivity contribution in [1.29, 1.82) is 0 Å². The quantitative estimate of drug-likeness (QED) is 0.739. The van der Waals surface area contributed by atoms with Gasteiger partial charge in [-0.3, -0.25) is 0 Å². The first kappa shape index (κ1) is 13.8. The molecule has 2 heteroatoms. The van der Waals surface area contributed by atoms with Crippen molar-refractivity contribution in [1.82, 2.24) is 4.98 Å². The van der Waals surface area contributed by atoms with Crippen molar-refractivity contribution in [3.63, 3.8) is 0 Å². The normalized spacial score (nSPS) is 10.4. The van der Waals surface area contributed by atoms with Gasteiger partial charge in [0.15, 0.2) is 0 Å². The molecule has 0 saturated carbocycles. The molecule has 0 bridgehead atoms. The van der Waals surface area contributed by atoms with Crippen LogP contribution in [-0.4, -0.2) is 19.1 Å². The molecular formula is C15H24N2. The molecule has 0 N–H and O–H groups in total. The van der Waals surface area contributed by atoms with Crippen LogP contribution in [0.25, 0.3) is 5.57 Å². The van der Waals surface area contributed by atoms with E-state index in [1.54, 1.807) is 0 Å². The average molecular weight is 232 g/mol. The minimum atomic E-state index is 1.03. The average Bonchev–Trinajstić information content (AvgIpc) is 2.29. The number of aromatic nitrogens is 1. The molecule has 94 valence electrons. The van der Waals surface area contributed by atoms with Crippen molar-refractivity contribution in [3.8, 4) is 0 Å². The minimum Gasteiger partial charge on any atom is -0.363 e. The lowest BCUT2D eigenvalue weighted by atomic mass is 10.0. The standard InChI is InChI=1S/C15H24N2/c1-6-8-12(3)13-10-14(9-7-2)16-15(11-13)17(4)5/h10-11H,3,6-9H2,1-2,4-5H3. The predicted octanol–water partition coefficient (Wildman–Crippen LogP) is 3.91. The maximum absolute atomic E-state index is 4.65. The summed E-state index contributed by atoms with van der Waals surface area (Å²) in [7, 11) is 4.06. The summed E-state index contributed by atoms with van der Waals surface area (Å²) in [6, 6.07) is 4.33. The van der Waals surface area contributed by atoms with Gasteiger partial charge in [-0.1, -0.05) is 33.3 Å². The second kappa shape index (κ2) is 6.43. The Morgan fingerprint density at radius 1 is 1.24 bits per heavy atom. The third-order valence-corrected chi connectivity index (χ3v) is 2.79. The van der Waals surface area contributed by atoms with E-state index in [9.17, 15) is 0 Å². The van der Waals surface area contributed by atoms with E-state index in [-0.39, 0.29) is 0 Å². The molecule has 17 heavy (non-hydrogen) atoms. The molecule has 0 aliphatic heterocycles. The van der Waals surface area contributed by atoms with Gasteiger partial charge in [0.2, 0.25) is 0 Å². The van der Waals surface area contributed by atoms with E-state index in [2.05, 4.69) is 42.4 Å². The topological polar surface area (TPSA) is 16.1 Å². The molecule has 0 amide bonds. The molecule has 1 aromatic heterocycles. The van der Waals surface area contributed by atoms with Crippen molar-refractivity contribution < 1.29 is 0 Å². The third-order valence-electron chi connectivity index (χ3n) is 2.79. The van der Waals surface area contributed by atoms with Gasteiger partial charge >= 0.3 is 0 Å². The van der Waals surface area contributed by atoms with E-state index in [1.807, 2.05) is 14.1 Å². The van der Waals surface area contributed by atoms with E-state index in [4.69, 9.17) is 0 Å². The fraction of sp³-hybridized carbons (Fsp3) is 0.533. The first-order valence-electron chi connectivity index (χ1n) is 6.44. The number of pyridine rings is 1. The molecule has 0 aliphatic carbocycles. The van der Waals surface area contributed by atoms with Gasteiger partial charge in [0.1, 0.15) is 5.82 Å². The molecule has 1 rings (SSSR count). The smallest absolute Gasteiger partial charge is 0.128 e. The molecule has 0 radical (unpaired) electrons. The molecule has 1 heterocycles. The summed E-state index contributed by atoms with van der Waals surface area (Å²) < 4.78 is 0. The lowest BCUT2D eigenvalue weighted by molar-refractivity contribution is 0.873. The summed E-state index contributed by atoms with van der Waals surface area (Å²) in [4.78, 5) is 6.71. The van der Waals surface area contributed by atoms with Crippen molar-refractivity contribution in [2.45, 2.75) is 39.5 Å². The summed E-state index contributed by atoms with van der Waals surface area (Å²) in [5.41, 5.74) is 3.63. The summed E-state index contributed by atoms with van der Waals surface area (Å²) in [5, 5.41) is 0. The Labute approximate surface area is 105 Å². The first-order chi connectivity index (χ1) is 8.08. The number of allylic oxidation sites excluding steroid dienone is 1. The zero-order valence-corrected chi connectivity index (χ0v) is 11.6. The van der Waals surface area contributed by atoms with E-state index in [1.165, 1.54) is 16.8 Å². The number of rotatable bonds is 6. The molecule has 2 nitrogen and oxygen atoms in total. The zero-order chi connectivity index (χ0) is 12.8. The van der Waals surface area contributed by atoms with Gasteiger partial charge in [-0.25, -0.2) is 4.98 Å². The van der Waals surface area contributed by atoms with Gasteiger partial charge in [-0.2, -0.15) is 0 Å². The Morgan fingerprint density at radius 3 is 2.47 bits per heavy atom. The van der Waals surface area contributed by atoms with Crippen molar-refractivity contribution in [2.75, 3.05) is 19.0 Å². The zero-order valence-electron chi connectivity index (χ0n) is 11.6. The van der Waals surface area contributed by atoms with Crippen molar-refractivity contribution >= 4 is 11.4 Å². The van der Waals surface area contributed by atoms with Gasteiger partial charge < -0.3 is 4.90 Å². The van der Waals surface area contributed by atoms with E-state index < -0.39 is 0 Å². The summed E-state index contributed by atoms with van der Waals surface area (Å²) >= 11 is 0. The molecule has 0 saturated heterocycles. The lowest BCUT2D eigenvalue weighted by Crippen LogP contribution is -2.12. The number of hydrogen-bond acceptors (Lipinski definition) is 2. The Bertz CT molecular complexity index is 381. The van der Waals surface area contributed by atoms with E-state index in [0.29, 0.717) is 0 Å². The van der Waals surface area contributed by atoms with Crippen LogP contribution in [0.2, 0.25) is 0 Å². The van der Waals surface area contributed by atoms with Crippen LogP contribution in [-0.2, 0) is 6.42 Å². The number of anilines is 1. The lowest BCUT2D eigenvalue weighted by Gasteiger charge is -2.15. The molecule has 1 aromatic rings. The highest BCUT2D eigenvalue weighted by Gasteiger charge is 2.06. The van der Waals surface area contributed by atoms with Crippen molar-refractivity contribution in [2.24, 2.45) is 0 Å². The Morgan fingerprint density at radius 2 is 1.94 bits per heavy atom. The molecule has 0 aliphatic rings. The Balaban J connectivity index is 3.07. The van der Waals surface area contributed by atoms with Gasteiger partial charge in [-0.05, 0) is 36.1 Å². The van der Waals surface area contributed by atoms with Crippen LogP contribution >= 0.6 is 0 Å². The molecule has 0 spiro atoms. The Hall–Kier alpha value is -1.31. The van der Waals surface area contributed by atoms with Crippen LogP contribution < -0.4 is 4.90 Å². The second-order valence-electron chi connectivity index (χ2n) is 4.70. The maximum Gasteiger partial charge on any atom is 0.128 e. The van der Waals surface area contributed by atoms with Gasteiger partial charge in [0.25, 0.3) is 0 Å².